The molecule has 0 radical (unpaired) electrons. The average molecular weight is 522 g/mol. The molecular weight excluding hydrogens is 478 g/mol. The van der Waals surface area contributed by atoms with Gasteiger partial charge in [0.2, 0.25) is 0 Å². The SMILES string of the molecule is CC/C=C/C/C=C/C/C=C/C/C=C/C/C=C/C/C=C/CCC(=O)OC[C@@H]1CC[C@H](n2ccc(N)nc2=O)O1. The highest BCUT2D eigenvalue weighted by Gasteiger charge is 2.28. The molecule has 1 aliphatic rings. The molecule has 0 aliphatic carbocycles. The molecule has 2 heterocycles. The molecule has 1 aromatic rings. The Hall–Kier alpha value is -3.45. The molecule has 2 atom stereocenters. The number of rotatable bonds is 17. The van der Waals surface area contributed by atoms with E-state index in [1.165, 1.54) is 4.57 Å². The van der Waals surface area contributed by atoms with Gasteiger partial charge in [0, 0.05) is 12.6 Å². The third-order valence-electron chi connectivity index (χ3n) is 5.79. The number of aromatic nitrogens is 2. The van der Waals surface area contributed by atoms with Crippen molar-refractivity contribution in [1.82, 2.24) is 9.55 Å². The Morgan fingerprint density at radius 3 is 2.05 bits per heavy atom. The summed E-state index contributed by atoms with van der Waals surface area (Å²) in [7, 11) is 0. The number of carbonyl (C=O) groups is 1. The molecule has 206 valence electrons. The summed E-state index contributed by atoms with van der Waals surface area (Å²) in [6.45, 7) is 2.34. The van der Waals surface area contributed by atoms with E-state index in [0.717, 1.165) is 38.5 Å². The first-order valence-corrected chi connectivity index (χ1v) is 13.7. The molecule has 0 bridgehead atoms. The maximum Gasteiger partial charge on any atom is 0.351 e. The fourth-order valence-corrected chi connectivity index (χ4v) is 3.76. The maximum atomic E-state index is 12.0. The van der Waals surface area contributed by atoms with Crippen LogP contribution >= 0.6 is 0 Å². The van der Waals surface area contributed by atoms with E-state index in [1.54, 1.807) is 12.3 Å². The zero-order valence-corrected chi connectivity index (χ0v) is 22.6. The molecule has 0 aromatic carbocycles. The molecule has 7 heteroatoms. The second-order valence-electron chi connectivity index (χ2n) is 8.97. The fraction of sp³-hybridized carbons (Fsp3) is 0.452. The van der Waals surface area contributed by atoms with E-state index in [2.05, 4.69) is 78.7 Å². The molecule has 1 fully saturated rings. The number of hydrogen-bond acceptors (Lipinski definition) is 6. The maximum absolute atomic E-state index is 12.0. The molecule has 0 amide bonds. The van der Waals surface area contributed by atoms with E-state index in [-0.39, 0.29) is 24.5 Å². The van der Waals surface area contributed by atoms with Gasteiger partial charge in [-0.05, 0) is 63.9 Å². The molecular formula is C31H43N3O4. The van der Waals surface area contributed by atoms with Gasteiger partial charge in [0.05, 0.1) is 6.10 Å². The van der Waals surface area contributed by atoms with Crippen LogP contribution < -0.4 is 11.4 Å². The molecule has 0 spiro atoms. The monoisotopic (exact) mass is 521 g/mol. The number of anilines is 1. The van der Waals surface area contributed by atoms with Gasteiger partial charge in [-0.1, -0.05) is 79.8 Å². The Kier molecular flexibility index (Phi) is 15.9. The molecule has 0 unspecified atom stereocenters. The van der Waals surface area contributed by atoms with Crippen molar-refractivity contribution >= 4 is 11.8 Å². The highest BCUT2D eigenvalue weighted by atomic mass is 16.6. The van der Waals surface area contributed by atoms with E-state index in [4.69, 9.17) is 15.2 Å². The lowest BCUT2D eigenvalue weighted by molar-refractivity contribution is -0.148. The largest absolute Gasteiger partial charge is 0.463 e. The first kappa shape index (κ1) is 30.8. The lowest BCUT2D eigenvalue weighted by atomic mass is 10.2. The number of hydrogen-bond donors (Lipinski definition) is 1. The van der Waals surface area contributed by atoms with Gasteiger partial charge < -0.3 is 15.2 Å². The first-order valence-electron chi connectivity index (χ1n) is 13.7. The summed E-state index contributed by atoms with van der Waals surface area (Å²) in [6.07, 6.45) is 35.0. The van der Waals surface area contributed by atoms with Crippen molar-refractivity contribution in [1.29, 1.82) is 0 Å². The minimum absolute atomic E-state index is 0.182. The Labute approximate surface area is 227 Å². The van der Waals surface area contributed by atoms with Crippen molar-refractivity contribution in [2.75, 3.05) is 12.3 Å². The standard InChI is InChI=1S/C31H43N3O4/c1-2-3-4-5-6-7-8-9-10-11-12-13-14-15-16-17-18-19-20-21-30(35)37-26-27-22-23-29(38-27)34-25-24-28(32)33-31(34)36/h3-4,6-7,9-10,12-13,15-16,18-19,24-25,27,29H,2,5,8,11,14,17,20-23,26H2,1H3,(H2,32,33,36)/b4-3+,7-6+,10-9+,13-12+,16-15+,19-18+/t27-,29+/m0/s1. The summed E-state index contributed by atoms with van der Waals surface area (Å²) in [5.74, 6) is -0.0652. The smallest absolute Gasteiger partial charge is 0.351 e. The number of allylic oxidation sites excluding steroid dienone is 12. The number of carbonyl (C=O) groups excluding carboxylic acids is 1. The molecule has 1 aliphatic heterocycles. The quantitative estimate of drug-likeness (QED) is 0.185. The van der Waals surface area contributed by atoms with Crippen molar-refractivity contribution in [3.05, 3.63) is 95.7 Å². The summed E-state index contributed by atoms with van der Waals surface area (Å²) in [4.78, 5) is 27.7. The summed E-state index contributed by atoms with van der Waals surface area (Å²) >= 11 is 0. The molecule has 38 heavy (non-hydrogen) atoms. The lowest BCUT2D eigenvalue weighted by Gasteiger charge is -2.15. The van der Waals surface area contributed by atoms with Crippen LogP contribution in [0.25, 0.3) is 0 Å². The molecule has 0 saturated carbocycles. The van der Waals surface area contributed by atoms with E-state index >= 15 is 0 Å². The fourth-order valence-electron chi connectivity index (χ4n) is 3.76. The number of nitrogens with two attached hydrogens (primary N) is 1. The number of ether oxygens (including phenoxy) is 2. The minimum Gasteiger partial charge on any atom is -0.463 e. The predicted molar refractivity (Wildman–Crippen MR) is 154 cm³/mol. The zero-order valence-electron chi connectivity index (χ0n) is 22.6. The van der Waals surface area contributed by atoms with Gasteiger partial charge in [-0.25, -0.2) is 4.79 Å². The van der Waals surface area contributed by atoms with Crippen LogP contribution in [0.15, 0.2) is 90.0 Å². The van der Waals surface area contributed by atoms with Gasteiger partial charge in [-0.2, -0.15) is 4.98 Å². The first-order chi connectivity index (χ1) is 18.6. The van der Waals surface area contributed by atoms with Gasteiger partial charge in [0.25, 0.3) is 0 Å². The lowest BCUT2D eigenvalue weighted by Crippen LogP contribution is -2.28. The zero-order chi connectivity index (χ0) is 27.3. The number of nitrogen functional groups attached to an aromatic ring is 1. The van der Waals surface area contributed by atoms with Crippen LogP contribution in [0.3, 0.4) is 0 Å². The average Bonchev–Trinajstić information content (AvgIpc) is 3.37. The summed E-state index contributed by atoms with van der Waals surface area (Å²) in [6, 6.07) is 1.56. The third kappa shape index (κ3) is 13.7. The highest BCUT2D eigenvalue weighted by molar-refractivity contribution is 5.69. The van der Waals surface area contributed by atoms with E-state index in [1.807, 2.05) is 6.08 Å². The highest BCUT2D eigenvalue weighted by Crippen LogP contribution is 2.27. The topological polar surface area (TPSA) is 96.4 Å². The second-order valence-corrected chi connectivity index (χ2v) is 8.97. The molecule has 1 saturated heterocycles. The van der Waals surface area contributed by atoms with Gasteiger partial charge in [0.15, 0.2) is 0 Å². The molecule has 2 rings (SSSR count). The predicted octanol–water partition coefficient (Wildman–Crippen LogP) is 6.52. The summed E-state index contributed by atoms with van der Waals surface area (Å²) in [5.41, 5.74) is 5.08. The number of esters is 1. The Bertz CT molecular complexity index is 1050. The summed E-state index contributed by atoms with van der Waals surface area (Å²) < 4.78 is 12.6. The Morgan fingerprint density at radius 1 is 0.947 bits per heavy atom. The van der Waals surface area contributed by atoms with Crippen LogP contribution in [0.1, 0.15) is 77.4 Å². The van der Waals surface area contributed by atoms with Crippen LogP contribution in [-0.2, 0) is 14.3 Å². The molecule has 7 nitrogen and oxygen atoms in total. The van der Waals surface area contributed by atoms with E-state index < -0.39 is 11.9 Å². The van der Waals surface area contributed by atoms with Crippen LogP contribution in [0, 0.1) is 0 Å². The number of nitrogens with zero attached hydrogens (tertiary/aromatic N) is 2. The van der Waals surface area contributed by atoms with Crippen molar-refractivity contribution in [3.63, 3.8) is 0 Å². The molecule has 2 N–H and O–H groups in total. The Morgan fingerprint density at radius 2 is 1.50 bits per heavy atom. The third-order valence-corrected chi connectivity index (χ3v) is 5.79. The summed E-state index contributed by atoms with van der Waals surface area (Å²) in [5, 5.41) is 0. The van der Waals surface area contributed by atoms with Crippen LogP contribution in [0.5, 0.6) is 0 Å². The second kappa shape index (κ2) is 19.6. The van der Waals surface area contributed by atoms with Crippen LogP contribution in [0.2, 0.25) is 0 Å². The van der Waals surface area contributed by atoms with Crippen molar-refractivity contribution in [2.24, 2.45) is 0 Å². The van der Waals surface area contributed by atoms with Crippen molar-refractivity contribution < 1.29 is 14.3 Å². The Balaban J connectivity index is 1.46. The van der Waals surface area contributed by atoms with E-state index in [0.29, 0.717) is 25.7 Å². The normalized spacial score (nSPS) is 18.4. The van der Waals surface area contributed by atoms with Gasteiger partial charge >= 0.3 is 11.7 Å². The van der Waals surface area contributed by atoms with Gasteiger partial charge in [0.1, 0.15) is 18.7 Å². The van der Waals surface area contributed by atoms with E-state index in [9.17, 15) is 9.59 Å². The molecule has 1 aromatic heterocycles. The minimum atomic E-state index is -0.441. The van der Waals surface area contributed by atoms with Gasteiger partial charge in [-0.15, -0.1) is 0 Å². The van der Waals surface area contributed by atoms with Crippen molar-refractivity contribution in [3.8, 4) is 0 Å². The van der Waals surface area contributed by atoms with Crippen LogP contribution in [0.4, 0.5) is 5.82 Å². The van der Waals surface area contributed by atoms with Crippen LogP contribution in [-0.4, -0.2) is 28.2 Å². The van der Waals surface area contributed by atoms with Gasteiger partial charge in [-0.3, -0.25) is 9.36 Å². The van der Waals surface area contributed by atoms with Crippen molar-refractivity contribution in [2.45, 2.75) is 83.5 Å².